The molecule has 0 spiro atoms. The second kappa shape index (κ2) is 8.99. The van der Waals surface area contributed by atoms with Crippen molar-refractivity contribution in [3.05, 3.63) is 88.1 Å². The van der Waals surface area contributed by atoms with Crippen LogP contribution in [0.25, 0.3) is 22.5 Å². The van der Waals surface area contributed by atoms with Gasteiger partial charge in [-0.2, -0.15) is 0 Å². The van der Waals surface area contributed by atoms with Crippen LogP contribution in [0.5, 0.6) is 0 Å². The average molecular weight is 438 g/mol. The molecule has 0 saturated heterocycles. The van der Waals surface area contributed by atoms with Gasteiger partial charge >= 0.3 is 0 Å². The Morgan fingerprint density at radius 1 is 1.14 bits per heavy atom. The van der Waals surface area contributed by atoms with Crippen LogP contribution in [0.3, 0.4) is 0 Å². The summed E-state index contributed by atoms with van der Waals surface area (Å²) >= 11 is 9.51. The van der Waals surface area contributed by atoms with Crippen molar-refractivity contribution in [2.24, 2.45) is 0 Å². The maximum Gasteiger partial charge on any atom is 0.192 e. The number of nitrogens with zero attached hydrogens (tertiary/aromatic N) is 3. The highest BCUT2D eigenvalue weighted by Crippen LogP contribution is 2.39. The maximum absolute atomic E-state index is 6.12. The van der Waals surface area contributed by atoms with Crippen molar-refractivity contribution in [3.8, 4) is 22.5 Å². The van der Waals surface area contributed by atoms with Crippen LogP contribution in [-0.4, -0.2) is 14.8 Å². The number of hydrogen-bond acceptors (Lipinski definition) is 4. The molecule has 0 aliphatic rings. The fraction of sp³-hybridized carbons (Fsp3) is 0.130. The van der Waals surface area contributed by atoms with E-state index in [-0.39, 0.29) is 0 Å². The molecule has 2 heterocycles. The Morgan fingerprint density at radius 2 is 1.97 bits per heavy atom. The summed E-state index contributed by atoms with van der Waals surface area (Å²) in [6, 6.07) is 18.4. The van der Waals surface area contributed by atoms with Crippen LogP contribution in [0.4, 0.5) is 0 Å². The van der Waals surface area contributed by atoms with E-state index in [4.69, 9.17) is 11.6 Å². The fourth-order valence-electron chi connectivity index (χ4n) is 3.25. The summed E-state index contributed by atoms with van der Waals surface area (Å²) in [4.78, 5) is 1.27. The second-order valence-corrected chi connectivity index (χ2v) is 9.03. The number of rotatable bonds is 7. The highest BCUT2D eigenvalue weighted by atomic mass is 35.5. The van der Waals surface area contributed by atoms with Crippen molar-refractivity contribution in [3.63, 3.8) is 0 Å². The second-order valence-electron chi connectivity index (χ2n) is 6.57. The normalized spacial score (nSPS) is 11.0. The minimum atomic E-state index is 0.656. The van der Waals surface area contributed by atoms with Gasteiger partial charge in [-0.25, -0.2) is 0 Å². The molecule has 3 nitrogen and oxygen atoms in total. The molecule has 4 rings (SSSR count). The predicted molar refractivity (Wildman–Crippen MR) is 125 cm³/mol. The molecule has 29 heavy (non-hydrogen) atoms. The van der Waals surface area contributed by atoms with E-state index >= 15 is 0 Å². The molecule has 0 fully saturated rings. The highest BCUT2D eigenvalue weighted by molar-refractivity contribution is 7.98. The molecule has 0 radical (unpaired) electrons. The van der Waals surface area contributed by atoms with Crippen molar-refractivity contribution >= 4 is 34.7 Å². The number of thiophene rings is 1. The molecule has 0 amide bonds. The molecule has 146 valence electrons. The molecule has 0 unspecified atom stereocenters. The molecule has 0 N–H and O–H groups in total. The van der Waals surface area contributed by atoms with Crippen molar-refractivity contribution in [2.45, 2.75) is 24.4 Å². The van der Waals surface area contributed by atoms with E-state index in [1.54, 1.807) is 23.1 Å². The Bertz CT molecular complexity index is 1130. The average Bonchev–Trinajstić information content (AvgIpc) is 3.30. The van der Waals surface area contributed by atoms with Gasteiger partial charge in [-0.3, -0.25) is 4.57 Å². The Labute approximate surface area is 184 Å². The molecular weight excluding hydrogens is 418 g/mol. The lowest BCUT2D eigenvalue weighted by Crippen LogP contribution is -2.01. The Morgan fingerprint density at radius 3 is 2.72 bits per heavy atom. The van der Waals surface area contributed by atoms with E-state index < -0.39 is 0 Å². The molecule has 0 atom stereocenters. The molecular formula is C23H20ClN3S2. The van der Waals surface area contributed by atoms with Gasteiger partial charge in [-0.15, -0.1) is 28.1 Å². The molecule has 0 saturated carbocycles. The van der Waals surface area contributed by atoms with Gasteiger partial charge in [0.2, 0.25) is 0 Å². The first-order valence-electron chi connectivity index (χ1n) is 9.22. The van der Waals surface area contributed by atoms with E-state index in [0.717, 1.165) is 32.9 Å². The van der Waals surface area contributed by atoms with Gasteiger partial charge in [-0.05, 0) is 30.2 Å². The quantitative estimate of drug-likeness (QED) is 0.228. The van der Waals surface area contributed by atoms with Crippen molar-refractivity contribution in [1.29, 1.82) is 0 Å². The maximum atomic E-state index is 6.12. The zero-order valence-electron chi connectivity index (χ0n) is 16.0. The largest absolute Gasteiger partial charge is 0.298 e. The van der Waals surface area contributed by atoms with Gasteiger partial charge in [0.1, 0.15) is 0 Å². The van der Waals surface area contributed by atoms with Crippen LogP contribution in [0.2, 0.25) is 5.02 Å². The standard InChI is InChI=1S/C23H20ClN3S2/c1-3-12-27-22(20-15-28-16(2)21(20)18-9-5-4-6-10-18)25-26-23(27)29-14-17-8-7-11-19(24)13-17/h3-11,13,15H,1,12,14H2,2H3. The van der Waals surface area contributed by atoms with Crippen LogP contribution in [0.1, 0.15) is 10.4 Å². The molecule has 0 aliphatic heterocycles. The first-order chi connectivity index (χ1) is 14.2. The van der Waals surface area contributed by atoms with E-state index in [2.05, 4.69) is 64.0 Å². The number of aromatic nitrogens is 3. The lowest BCUT2D eigenvalue weighted by Gasteiger charge is -2.10. The summed E-state index contributed by atoms with van der Waals surface area (Å²) in [7, 11) is 0. The number of allylic oxidation sites excluding steroid dienone is 1. The van der Waals surface area contributed by atoms with E-state index in [9.17, 15) is 0 Å². The van der Waals surface area contributed by atoms with E-state index in [1.165, 1.54) is 16.0 Å². The molecule has 0 aliphatic carbocycles. The zero-order chi connectivity index (χ0) is 20.2. The summed E-state index contributed by atoms with van der Waals surface area (Å²) in [5, 5.41) is 12.9. The highest BCUT2D eigenvalue weighted by Gasteiger charge is 2.20. The third-order valence-electron chi connectivity index (χ3n) is 4.56. The van der Waals surface area contributed by atoms with Gasteiger partial charge in [-0.1, -0.05) is 71.9 Å². The van der Waals surface area contributed by atoms with E-state index in [1.807, 2.05) is 30.3 Å². The predicted octanol–water partition coefficient (Wildman–Crippen LogP) is 7.11. The molecule has 4 aromatic rings. The summed E-state index contributed by atoms with van der Waals surface area (Å²) in [5.74, 6) is 1.66. The SMILES string of the molecule is C=CCn1c(SCc2cccc(Cl)c2)nnc1-c1csc(C)c1-c1ccccc1. The molecule has 0 bridgehead atoms. The summed E-state index contributed by atoms with van der Waals surface area (Å²) < 4.78 is 2.14. The minimum Gasteiger partial charge on any atom is -0.298 e. The van der Waals surface area contributed by atoms with Crippen molar-refractivity contribution in [1.82, 2.24) is 14.8 Å². The third kappa shape index (κ3) is 4.32. The molecule has 2 aromatic carbocycles. The number of thioether (sulfide) groups is 1. The minimum absolute atomic E-state index is 0.656. The summed E-state index contributed by atoms with van der Waals surface area (Å²) in [5.41, 5.74) is 4.69. The van der Waals surface area contributed by atoms with Crippen molar-refractivity contribution < 1.29 is 0 Å². The van der Waals surface area contributed by atoms with Crippen LogP contribution >= 0.6 is 34.7 Å². The van der Waals surface area contributed by atoms with Gasteiger partial charge in [0.05, 0.1) is 0 Å². The smallest absolute Gasteiger partial charge is 0.192 e. The number of halogens is 1. The number of hydrogen-bond donors (Lipinski definition) is 0. The van der Waals surface area contributed by atoms with Crippen molar-refractivity contribution in [2.75, 3.05) is 0 Å². The first-order valence-corrected chi connectivity index (χ1v) is 11.5. The van der Waals surface area contributed by atoms with Gasteiger partial charge in [0.25, 0.3) is 0 Å². The molecule has 6 heteroatoms. The number of aryl methyl sites for hydroxylation is 1. The third-order valence-corrected chi connectivity index (χ3v) is 6.75. The van der Waals surface area contributed by atoms with E-state index in [0.29, 0.717) is 6.54 Å². The first kappa shape index (κ1) is 20.0. The topological polar surface area (TPSA) is 30.7 Å². The zero-order valence-corrected chi connectivity index (χ0v) is 18.4. The van der Waals surface area contributed by atoms with Crippen LogP contribution < -0.4 is 0 Å². The monoisotopic (exact) mass is 437 g/mol. The Balaban J connectivity index is 1.70. The van der Waals surface area contributed by atoms with Crippen LogP contribution in [0.15, 0.2) is 77.8 Å². The van der Waals surface area contributed by atoms with Crippen LogP contribution in [-0.2, 0) is 12.3 Å². The fourth-order valence-corrected chi connectivity index (χ4v) is 5.21. The van der Waals surface area contributed by atoms with Gasteiger partial charge < -0.3 is 0 Å². The summed E-state index contributed by atoms with van der Waals surface area (Å²) in [6.07, 6.45) is 1.89. The van der Waals surface area contributed by atoms with Gasteiger partial charge in [0.15, 0.2) is 11.0 Å². The number of benzene rings is 2. The lowest BCUT2D eigenvalue weighted by molar-refractivity contribution is 0.731. The Kier molecular flexibility index (Phi) is 6.19. The van der Waals surface area contributed by atoms with Gasteiger partial charge in [0, 0.05) is 38.7 Å². The molecule has 2 aromatic heterocycles. The lowest BCUT2D eigenvalue weighted by atomic mass is 10.0. The Hall–Kier alpha value is -2.34. The van der Waals surface area contributed by atoms with Crippen LogP contribution in [0, 0.1) is 6.92 Å². The summed E-state index contributed by atoms with van der Waals surface area (Å²) in [6.45, 7) is 6.74.